The Morgan fingerprint density at radius 3 is 2.33 bits per heavy atom. The Morgan fingerprint density at radius 2 is 1.92 bits per heavy atom. The van der Waals surface area contributed by atoms with Crippen molar-refractivity contribution in [3.8, 4) is 0 Å². The van der Waals surface area contributed by atoms with Crippen molar-refractivity contribution in [2.75, 3.05) is 12.9 Å². The third-order valence-electron chi connectivity index (χ3n) is 4.77. The van der Waals surface area contributed by atoms with Crippen molar-refractivity contribution >= 4 is 23.2 Å². The average molecular weight is 359 g/mol. The van der Waals surface area contributed by atoms with Gasteiger partial charge in [0.15, 0.2) is 4.75 Å². The van der Waals surface area contributed by atoms with Gasteiger partial charge in [0.25, 0.3) is 0 Å². The number of ether oxygens (including phenoxy) is 1. The van der Waals surface area contributed by atoms with E-state index in [0.717, 1.165) is 0 Å². The summed E-state index contributed by atoms with van der Waals surface area (Å²) in [6, 6.07) is -0.251. The molecule has 1 saturated heterocycles. The summed E-state index contributed by atoms with van der Waals surface area (Å²) in [7, 11) is 0. The molecule has 2 amide bonds. The van der Waals surface area contributed by atoms with Crippen LogP contribution >= 0.6 is 0 Å². The minimum Gasteiger partial charge on any atom is -0.447 e. The standard InChI is InChI=1S/C18H32NO4S/c1-10-18(8,13(4)23-24(9)17(5,6)7)15(20)19-14(12(2)3)11-22-16(19)21/h10,12-14H,1,11H2,2-9H3/q+1/t13?,14-,18?,24?/m1/s1. The van der Waals surface area contributed by atoms with Crippen molar-refractivity contribution in [1.29, 1.82) is 0 Å². The van der Waals surface area contributed by atoms with Crippen LogP contribution in [0.1, 0.15) is 48.5 Å². The van der Waals surface area contributed by atoms with Crippen LogP contribution in [-0.4, -0.2) is 46.7 Å². The number of hydrogen-bond acceptors (Lipinski definition) is 4. The Bertz CT molecular complexity index is 500. The zero-order valence-electron chi connectivity index (χ0n) is 16.2. The number of rotatable bonds is 6. The third-order valence-corrected chi connectivity index (χ3v) is 7.08. The van der Waals surface area contributed by atoms with E-state index in [1.54, 1.807) is 13.0 Å². The van der Waals surface area contributed by atoms with Crippen LogP contribution in [0.4, 0.5) is 4.79 Å². The van der Waals surface area contributed by atoms with Crippen LogP contribution in [-0.2, 0) is 24.9 Å². The van der Waals surface area contributed by atoms with Crippen molar-refractivity contribution in [2.24, 2.45) is 11.3 Å². The van der Waals surface area contributed by atoms with Gasteiger partial charge in [-0.15, -0.1) is 6.58 Å². The van der Waals surface area contributed by atoms with Gasteiger partial charge in [0, 0.05) is 0 Å². The molecule has 0 aromatic heterocycles. The molecule has 1 rings (SSSR count). The molecular weight excluding hydrogens is 326 g/mol. The molecule has 0 saturated carbocycles. The molecule has 6 heteroatoms. The molecule has 0 spiro atoms. The highest BCUT2D eigenvalue weighted by Gasteiger charge is 2.50. The Morgan fingerprint density at radius 1 is 1.38 bits per heavy atom. The van der Waals surface area contributed by atoms with E-state index in [2.05, 4.69) is 27.4 Å². The van der Waals surface area contributed by atoms with Crippen LogP contribution in [0.15, 0.2) is 12.7 Å². The number of amides is 2. The molecule has 5 nitrogen and oxygen atoms in total. The smallest absolute Gasteiger partial charge is 0.417 e. The van der Waals surface area contributed by atoms with Gasteiger partial charge in [0.1, 0.15) is 30.1 Å². The van der Waals surface area contributed by atoms with Gasteiger partial charge in [0.05, 0.1) is 11.5 Å². The molecule has 4 atom stereocenters. The lowest BCUT2D eigenvalue weighted by atomic mass is 9.83. The van der Waals surface area contributed by atoms with Crippen LogP contribution in [0, 0.1) is 11.3 Å². The number of hydrogen-bond donors (Lipinski definition) is 0. The van der Waals surface area contributed by atoms with E-state index >= 15 is 0 Å². The van der Waals surface area contributed by atoms with E-state index in [1.165, 1.54) is 4.90 Å². The fourth-order valence-corrected chi connectivity index (χ4v) is 3.23. The summed E-state index contributed by atoms with van der Waals surface area (Å²) in [5.74, 6) is -0.182. The first-order valence-corrected chi connectivity index (χ1v) is 9.89. The second-order valence-corrected chi connectivity index (χ2v) is 10.2. The van der Waals surface area contributed by atoms with Gasteiger partial charge in [-0.2, -0.15) is 4.18 Å². The highest BCUT2D eigenvalue weighted by atomic mass is 32.2. The lowest BCUT2D eigenvalue weighted by molar-refractivity contribution is -0.140. The molecule has 0 bridgehead atoms. The van der Waals surface area contributed by atoms with E-state index < -0.39 is 17.6 Å². The van der Waals surface area contributed by atoms with E-state index in [1.807, 2.05) is 27.0 Å². The van der Waals surface area contributed by atoms with Crippen molar-refractivity contribution < 1.29 is 18.5 Å². The maximum atomic E-state index is 13.2. The van der Waals surface area contributed by atoms with Crippen molar-refractivity contribution in [2.45, 2.75) is 65.4 Å². The van der Waals surface area contributed by atoms with E-state index in [4.69, 9.17) is 8.92 Å². The maximum absolute atomic E-state index is 13.2. The second-order valence-electron chi connectivity index (χ2n) is 7.86. The molecule has 24 heavy (non-hydrogen) atoms. The number of nitrogens with zero attached hydrogens (tertiary/aromatic N) is 1. The second kappa shape index (κ2) is 7.48. The number of carbonyl (C=O) groups is 2. The minimum atomic E-state index is -0.997. The molecule has 1 heterocycles. The zero-order chi connectivity index (χ0) is 18.9. The van der Waals surface area contributed by atoms with Gasteiger partial charge in [0.2, 0.25) is 5.91 Å². The Balaban J connectivity index is 3.06. The largest absolute Gasteiger partial charge is 0.447 e. The van der Waals surface area contributed by atoms with Crippen LogP contribution in [0.5, 0.6) is 0 Å². The molecule has 0 aliphatic carbocycles. The Hall–Kier alpha value is -1.01. The third kappa shape index (κ3) is 4.14. The summed E-state index contributed by atoms with van der Waals surface area (Å²) in [6.07, 6.45) is 2.62. The molecule has 0 aromatic carbocycles. The predicted octanol–water partition coefficient (Wildman–Crippen LogP) is 3.55. The highest BCUT2D eigenvalue weighted by molar-refractivity contribution is 7.93. The summed E-state index contributed by atoms with van der Waals surface area (Å²) >= 11 is -0.345. The van der Waals surface area contributed by atoms with E-state index in [-0.39, 0.29) is 40.4 Å². The molecule has 1 aliphatic rings. The molecule has 138 valence electrons. The van der Waals surface area contributed by atoms with Gasteiger partial charge in [-0.05, 0) is 40.5 Å². The van der Waals surface area contributed by atoms with Crippen molar-refractivity contribution in [1.82, 2.24) is 4.90 Å². The summed E-state index contributed by atoms with van der Waals surface area (Å²) in [5, 5.41) is 0. The number of carbonyl (C=O) groups excluding carboxylic acids is 2. The van der Waals surface area contributed by atoms with Crippen molar-refractivity contribution in [3.63, 3.8) is 0 Å². The topological polar surface area (TPSA) is 55.8 Å². The monoisotopic (exact) mass is 358 g/mol. The fourth-order valence-electron chi connectivity index (χ4n) is 2.31. The molecule has 1 fully saturated rings. The van der Waals surface area contributed by atoms with Gasteiger partial charge in [-0.3, -0.25) is 4.79 Å². The SMILES string of the molecule is C=CC(C)(C(=O)N1C(=O)OC[C@@H]1C(C)C)C(C)O[S+](C)C(C)(C)C. The lowest BCUT2D eigenvalue weighted by Gasteiger charge is -2.35. The van der Waals surface area contributed by atoms with Crippen LogP contribution in [0.25, 0.3) is 0 Å². The van der Waals surface area contributed by atoms with Crippen LogP contribution in [0.2, 0.25) is 0 Å². The first-order chi connectivity index (χ1) is 10.9. The summed E-state index contributed by atoms with van der Waals surface area (Å²) < 4.78 is 11.2. The van der Waals surface area contributed by atoms with Gasteiger partial charge < -0.3 is 4.74 Å². The molecule has 0 aromatic rings. The lowest BCUT2D eigenvalue weighted by Crippen LogP contribution is -2.52. The average Bonchev–Trinajstić information content (AvgIpc) is 2.86. The molecule has 0 N–H and O–H groups in total. The number of imide groups is 1. The van der Waals surface area contributed by atoms with Gasteiger partial charge >= 0.3 is 6.09 Å². The Labute approximate surface area is 149 Å². The van der Waals surface area contributed by atoms with Crippen LogP contribution < -0.4 is 0 Å². The normalized spacial score (nSPS) is 23.6. The van der Waals surface area contributed by atoms with Gasteiger partial charge in [-0.1, -0.05) is 19.9 Å². The first kappa shape index (κ1) is 21.0. The first-order valence-electron chi connectivity index (χ1n) is 8.33. The summed E-state index contributed by atoms with van der Waals surface area (Å²) in [6.45, 7) is 18.0. The van der Waals surface area contributed by atoms with Gasteiger partial charge in [-0.25, -0.2) is 9.69 Å². The quantitative estimate of drug-likeness (QED) is 0.538. The zero-order valence-corrected chi connectivity index (χ0v) is 17.0. The summed E-state index contributed by atoms with van der Waals surface area (Å²) in [4.78, 5) is 26.5. The van der Waals surface area contributed by atoms with Crippen LogP contribution in [0.3, 0.4) is 0 Å². The maximum Gasteiger partial charge on any atom is 0.417 e. The minimum absolute atomic E-state index is 0.0214. The molecular formula is C18H32NO4S+. The fraction of sp³-hybridized carbons (Fsp3) is 0.778. The summed E-state index contributed by atoms with van der Waals surface area (Å²) in [5.41, 5.74) is -0.997. The molecule has 3 unspecified atom stereocenters. The number of cyclic esters (lactones) is 1. The van der Waals surface area contributed by atoms with E-state index in [9.17, 15) is 9.59 Å². The Kier molecular flexibility index (Phi) is 6.56. The highest BCUT2D eigenvalue weighted by Crippen LogP contribution is 2.34. The molecule has 1 aliphatic heterocycles. The molecule has 0 radical (unpaired) electrons. The van der Waals surface area contributed by atoms with E-state index in [0.29, 0.717) is 0 Å². The van der Waals surface area contributed by atoms with Crippen molar-refractivity contribution in [3.05, 3.63) is 12.7 Å². The predicted molar refractivity (Wildman–Crippen MR) is 98.7 cm³/mol.